The Morgan fingerprint density at radius 3 is 2.58 bits per heavy atom. The molecule has 0 heterocycles. The molecule has 1 fully saturated rings. The van der Waals surface area contributed by atoms with Gasteiger partial charge in [-0.25, -0.2) is 4.39 Å². The van der Waals surface area contributed by atoms with E-state index >= 15 is 0 Å². The minimum absolute atomic E-state index is 0.0537. The summed E-state index contributed by atoms with van der Waals surface area (Å²) in [7, 11) is 0. The van der Waals surface area contributed by atoms with Crippen molar-refractivity contribution in [1.29, 1.82) is 0 Å². The Hall–Kier alpha value is -1.69. The minimum atomic E-state index is -0.710. The molecule has 0 unspecified atom stereocenters. The van der Waals surface area contributed by atoms with Gasteiger partial charge < -0.3 is 9.84 Å². The summed E-state index contributed by atoms with van der Waals surface area (Å²) in [5.74, 6) is -0.349. The molecule has 6 heteroatoms. The first-order valence-corrected chi connectivity index (χ1v) is 6.31. The number of ether oxygens (including phenoxy) is 1. The fourth-order valence-electron chi connectivity index (χ4n) is 2.31. The lowest BCUT2D eigenvalue weighted by molar-refractivity contribution is -0.385. The van der Waals surface area contributed by atoms with Crippen molar-refractivity contribution in [2.45, 2.75) is 31.8 Å². The Morgan fingerprint density at radius 2 is 2.05 bits per heavy atom. The van der Waals surface area contributed by atoms with Gasteiger partial charge in [0.25, 0.3) is 5.69 Å². The van der Waals surface area contributed by atoms with E-state index < -0.39 is 10.7 Å². The van der Waals surface area contributed by atoms with E-state index in [1.807, 2.05) is 0 Å². The Bertz CT molecular complexity index is 458. The lowest BCUT2D eigenvalue weighted by Gasteiger charge is -2.27. The Morgan fingerprint density at radius 1 is 1.37 bits per heavy atom. The number of rotatable bonds is 4. The third-order valence-corrected chi connectivity index (χ3v) is 3.47. The van der Waals surface area contributed by atoms with Gasteiger partial charge in [0.1, 0.15) is 0 Å². The number of non-ortho nitro benzene ring substituents is 1. The summed E-state index contributed by atoms with van der Waals surface area (Å²) < 4.78 is 19.2. The van der Waals surface area contributed by atoms with Gasteiger partial charge in [-0.2, -0.15) is 0 Å². The highest BCUT2D eigenvalue weighted by Crippen LogP contribution is 2.29. The third kappa shape index (κ3) is 3.41. The molecule has 104 valence electrons. The second kappa shape index (κ2) is 5.97. The molecule has 2 rings (SSSR count). The smallest absolute Gasteiger partial charge is 0.272 e. The van der Waals surface area contributed by atoms with Gasteiger partial charge in [0.05, 0.1) is 17.1 Å². The van der Waals surface area contributed by atoms with Gasteiger partial charge in [-0.1, -0.05) is 0 Å². The molecule has 0 atom stereocenters. The van der Waals surface area contributed by atoms with Gasteiger partial charge in [0.15, 0.2) is 11.6 Å². The first-order chi connectivity index (χ1) is 9.10. The van der Waals surface area contributed by atoms with Gasteiger partial charge in [0, 0.05) is 12.7 Å². The average Bonchev–Trinajstić information content (AvgIpc) is 2.41. The summed E-state index contributed by atoms with van der Waals surface area (Å²) in [5, 5.41) is 19.5. The monoisotopic (exact) mass is 269 g/mol. The molecule has 1 saturated carbocycles. The molecule has 1 aliphatic rings. The van der Waals surface area contributed by atoms with E-state index in [0.717, 1.165) is 31.7 Å². The van der Waals surface area contributed by atoms with Crippen LogP contribution < -0.4 is 4.74 Å². The zero-order chi connectivity index (χ0) is 13.8. The molecule has 1 aromatic carbocycles. The topological polar surface area (TPSA) is 72.6 Å². The lowest BCUT2D eigenvalue weighted by Crippen LogP contribution is -2.25. The third-order valence-electron chi connectivity index (χ3n) is 3.47. The zero-order valence-corrected chi connectivity index (χ0v) is 10.4. The highest BCUT2D eigenvalue weighted by atomic mass is 19.1. The average molecular weight is 269 g/mol. The molecule has 0 aromatic heterocycles. The van der Waals surface area contributed by atoms with Crippen LogP contribution in [0.15, 0.2) is 18.2 Å². The Labute approximate surface area is 110 Å². The molecule has 0 radical (unpaired) electrons. The quantitative estimate of drug-likeness (QED) is 0.673. The SMILES string of the molecule is O=[N+]([O-])c1ccc(OC2CCC(CO)CC2)c(F)c1. The largest absolute Gasteiger partial charge is 0.487 e. The normalized spacial score (nSPS) is 23.1. The molecule has 5 nitrogen and oxygen atoms in total. The lowest BCUT2D eigenvalue weighted by atomic mass is 9.88. The van der Waals surface area contributed by atoms with Crippen LogP contribution in [0.25, 0.3) is 0 Å². The van der Waals surface area contributed by atoms with Crippen LogP contribution in [0.4, 0.5) is 10.1 Å². The molecule has 1 aliphatic carbocycles. The number of hydrogen-bond donors (Lipinski definition) is 1. The molecule has 0 saturated heterocycles. The van der Waals surface area contributed by atoms with Crippen LogP contribution in [0.2, 0.25) is 0 Å². The van der Waals surface area contributed by atoms with Gasteiger partial charge >= 0.3 is 0 Å². The van der Waals surface area contributed by atoms with E-state index in [0.29, 0.717) is 5.92 Å². The van der Waals surface area contributed by atoms with Crippen LogP contribution in [0.5, 0.6) is 5.75 Å². The summed E-state index contributed by atoms with van der Waals surface area (Å²) in [4.78, 5) is 9.86. The highest BCUT2D eigenvalue weighted by molar-refractivity contribution is 5.37. The number of nitro groups is 1. The number of halogens is 1. The molecule has 0 amide bonds. The molecule has 0 bridgehead atoms. The van der Waals surface area contributed by atoms with Crippen molar-refractivity contribution in [1.82, 2.24) is 0 Å². The van der Waals surface area contributed by atoms with E-state index in [1.165, 1.54) is 12.1 Å². The standard InChI is InChI=1S/C13H16FNO4/c14-12-7-10(15(17)18)3-6-13(12)19-11-4-1-9(8-16)2-5-11/h3,6-7,9,11,16H,1-2,4-5,8H2. The van der Waals surface area contributed by atoms with Gasteiger partial charge in [0.2, 0.25) is 0 Å². The maximum Gasteiger partial charge on any atom is 0.272 e. The number of aliphatic hydroxyl groups is 1. The van der Waals surface area contributed by atoms with Gasteiger partial charge in [-0.3, -0.25) is 10.1 Å². The Kier molecular flexibility index (Phi) is 4.31. The van der Waals surface area contributed by atoms with Crippen molar-refractivity contribution in [2.24, 2.45) is 5.92 Å². The van der Waals surface area contributed by atoms with Gasteiger partial charge in [-0.15, -0.1) is 0 Å². The number of benzene rings is 1. The van der Waals surface area contributed by atoms with Crippen LogP contribution in [-0.2, 0) is 0 Å². The predicted molar refractivity (Wildman–Crippen MR) is 66.5 cm³/mol. The highest BCUT2D eigenvalue weighted by Gasteiger charge is 2.23. The first kappa shape index (κ1) is 13.7. The van der Waals surface area contributed by atoms with E-state index in [9.17, 15) is 14.5 Å². The van der Waals surface area contributed by atoms with E-state index in [-0.39, 0.29) is 24.1 Å². The predicted octanol–water partition coefficient (Wildman–Crippen LogP) is 2.66. The molecule has 0 aliphatic heterocycles. The molecular weight excluding hydrogens is 253 g/mol. The molecule has 0 spiro atoms. The van der Waals surface area contributed by atoms with Crippen LogP contribution in [0, 0.1) is 21.8 Å². The summed E-state index contributed by atoms with van der Waals surface area (Å²) in [5.41, 5.74) is -0.283. The maximum atomic E-state index is 13.6. The van der Waals surface area contributed by atoms with Crippen LogP contribution in [0.3, 0.4) is 0 Å². The number of nitrogens with zero attached hydrogens (tertiary/aromatic N) is 1. The molecule has 1 N–H and O–H groups in total. The van der Waals surface area contributed by atoms with E-state index in [1.54, 1.807) is 0 Å². The summed E-state index contributed by atoms with van der Waals surface area (Å²) in [6.45, 7) is 0.179. The fourth-order valence-corrected chi connectivity index (χ4v) is 2.31. The Balaban J connectivity index is 1.98. The first-order valence-electron chi connectivity index (χ1n) is 6.31. The van der Waals surface area contributed by atoms with Crippen molar-refractivity contribution in [2.75, 3.05) is 6.61 Å². The maximum absolute atomic E-state index is 13.6. The zero-order valence-electron chi connectivity index (χ0n) is 10.4. The fraction of sp³-hybridized carbons (Fsp3) is 0.538. The van der Waals surface area contributed by atoms with Crippen molar-refractivity contribution in [3.63, 3.8) is 0 Å². The van der Waals surface area contributed by atoms with E-state index in [4.69, 9.17) is 9.84 Å². The minimum Gasteiger partial charge on any atom is -0.487 e. The van der Waals surface area contributed by atoms with E-state index in [2.05, 4.69) is 0 Å². The summed E-state index contributed by atoms with van der Waals surface area (Å²) in [6.07, 6.45) is 3.16. The van der Waals surface area contributed by atoms with Gasteiger partial charge in [-0.05, 0) is 37.7 Å². The summed E-state index contributed by atoms with van der Waals surface area (Å²) >= 11 is 0. The van der Waals surface area contributed by atoms with Crippen molar-refractivity contribution < 1.29 is 19.2 Å². The van der Waals surface area contributed by atoms with Crippen molar-refractivity contribution >= 4 is 5.69 Å². The van der Waals surface area contributed by atoms with Crippen molar-refractivity contribution in [3.8, 4) is 5.75 Å². The second-order valence-electron chi connectivity index (χ2n) is 4.81. The second-order valence-corrected chi connectivity index (χ2v) is 4.81. The number of hydrogen-bond acceptors (Lipinski definition) is 4. The summed E-state index contributed by atoms with van der Waals surface area (Å²) in [6, 6.07) is 3.40. The van der Waals surface area contributed by atoms with Crippen LogP contribution in [0.1, 0.15) is 25.7 Å². The number of nitro benzene ring substituents is 1. The van der Waals surface area contributed by atoms with Crippen LogP contribution >= 0.6 is 0 Å². The molecule has 1 aromatic rings. The molecule has 19 heavy (non-hydrogen) atoms. The number of aliphatic hydroxyl groups excluding tert-OH is 1. The van der Waals surface area contributed by atoms with Crippen molar-refractivity contribution in [3.05, 3.63) is 34.1 Å². The molecular formula is C13H16FNO4. The van der Waals surface area contributed by atoms with Crippen LogP contribution in [-0.4, -0.2) is 22.7 Å².